The van der Waals surface area contributed by atoms with Gasteiger partial charge in [-0.25, -0.2) is 0 Å². The molecule has 0 radical (unpaired) electrons. The van der Waals surface area contributed by atoms with Crippen molar-refractivity contribution in [1.29, 1.82) is 0 Å². The minimum absolute atomic E-state index is 0.0593. The molecule has 144 valence electrons. The monoisotopic (exact) mass is 352 g/mol. The predicted octanol–water partition coefficient (Wildman–Crippen LogP) is 3.17. The Balaban J connectivity index is 1.88. The lowest BCUT2D eigenvalue weighted by molar-refractivity contribution is -0.169. The lowest BCUT2D eigenvalue weighted by Gasteiger charge is -2.57. The van der Waals surface area contributed by atoms with Crippen LogP contribution in [0.3, 0.4) is 0 Å². The minimum atomic E-state index is -0.675. The van der Waals surface area contributed by atoms with Crippen molar-refractivity contribution in [2.24, 2.45) is 0 Å². The Kier molecular flexibility index (Phi) is 4.97. The van der Waals surface area contributed by atoms with E-state index in [2.05, 4.69) is 46.4 Å². The first kappa shape index (κ1) is 19.1. The normalized spacial score (nSPS) is 33.2. The molecule has 3 aliphatic rings. The molecule has 0 N–H and O–H groups in total. The Morgan fingerprint density at radius 2 is 1.68 bits per heavy atom. The molecular weight excluding hydrogens is 316 g/mol. The number of hydrogen-bond donors (Lipinski definition) is 0. The second-order valence-electron chi connectivity index (χ2n) is 9.40. The highest BCUT2D eigenvalue weighted by Crippen LogP contribution is 2.49. The zero-order chi connectivity index (χ0) is 18.5. The summed E-state index contributed by atoms with van der Waals surface area (Å²) in [5.74, 6) is 0.193. The first-order valence-electron chi connectivity index (χ1n) is 10.0. The standard InChI is InChI=1S/C20H36N2O3/c1-7-9-16-21(11-15-12-24-15)17(23)20(25-16)13-18(3,4)22(10-8-2)19(5,6)14-20/h15-16H,7-14H2,1-6H3. The molecule has 0 aromatic rings. The molecule has 2 atom stereocenters. The molecule has 25 heavy (non-hydrogen) atoms. The van der Waals surface area contributed by atoms with Gasteiger partial charge >= 0.3 is 0 Å². The molecule has 1 spiro atoms. The van der Waals surface area contributed by atoms with Crippen LogP contribution in [0.5, 0.6) is 0 Å². The summed E-state index contributed by atoms with van der Waals surface area (Å²) >= 11 is 0. The van der Waals surface area contributed by atoms with Gasteiger partial charge in [0.25, 0.3) is 5.91 Å². The van der Waals surface area contributed by atoms with E-state index in [1.165, 1.54) is 0 Å². The number of nitrogens with zero attached hydrogens (tertiary/aromatic N) is 2. The van der Waals surface area contributed by atoms with Gasteiger partial charge in [-0.15, -0.1) is 0 Å². The van der Waals surface area contributed by atoms with Gasteiger partial charge in [0, 0.05) is 23.9 Å². The number of carbonyl (C=O) groups excluding carboxylic acids is 1. The largest absolute Gasteiger partial charge is 0.371 e. The second-order valence-corrected chi connectivity index (χ2v) is 9.40. The fourth-order valence-electron chi connectivity index (χ4n) is 5.36. The Bertz CT molecular complexity index is 495. The van der Waals surface area contributed by atoms with Gasteiger partial charge in [-0.2, -0.15) is 0 Å². The number of epoxide rings is 1. The van der Waals surface area contributed by atoms with Gasteiger partial charge in [0.05, 0.1) is 19.3 Å². The van der Waals surface area contributed by atoms with Crippen LogP contribution in [0.4, 0.5) is 0 Å². The highest BCUT2D eigenvalue weighted by atomic mass is 16.6. The molecule has 0 aromatic carbocycles. The fourth-order valence-corrected chi connectivity index (χ4v) is 5.36. The Labute approximate surface area is 153 Å². The maximum atomic E-state index is 13.5. The van der Waals surface area contributed by atoms with Crippen molar-refractivity contribution >= 4 is 5.91 Å². The average Bonchev–Trinajstić information content (AvgIpc) is 3.27. The van der Waals surface area contributed by atoms with E-state index in [9.17, 15) is 4.79 Å². The third-order valence-corrected chi connectivity index (χ3v) is 6.04. The summed E-state index contributed by atoms with van der Waals surface area (Å²) < 4.78 is 12.0. The van der Waals surface area contributed by atoms with E-state index in [0.29, 0.717) is 6.54 Å². The Hall–Kier alpha value is -0.650. The van der Waals surface area contributed by atoms with Crippen LogP contribution in [0.1, 0.15) is 73.6 Å². The fraction of sp³-hybridized carbons (Fsp3) is 0.950. The Morgan fingerprint density at radius 3 is 2.16 bits per heavy atom. The second kappa shape index (κ2) is 6.50. The molecule has 3 fully saturated rings. The summed E-state index contributed by atoms with van der Waals surface area (Å²) in [6, 6.07) is 0. The molecular formula is C20H36N2O3. The molecule has 2 unspecified atom stereocenters. The van der Waals surface area contributed by atoms with Gasteiger partial charge in [0.2, 0.25) is 0 Å². The SMILES string of the molecule is CCCC1OC2(CC(C)(C)N(CCC)C(C)(C)C2)C(=O)N1CC1CO1. The molecule has 3 saturated heterocycles. The number of piperidine rings is 1. The quantitative estimate of drug-likeness (QED) is 0.689. The first-order chi connectivity index (χ1) is 11.6. The molecule has 0 aliphatic carbocycles. The third-order valence-electron chi connectivity index (χ3n) is 6.04. The van der Waals surface area contributed by atoms with Crippen molar-refractivity contribution in [2.45, 2.75) is 103 Å². The number of amides is 1. The number of hydrogen-bond acceptors (Lipinski definition) is 4. The molecule has 1 amide bonds. The molecule has 0 saturated carbocycles. The zero-order valence-electron chi connectivity index (χ0n) is 16.9. The van der Waals surface area contributed by atoms with Crippen molar-refractivity contribution < 1.29 is 14.3 Å². The van der Waals surface area contributed by atoms with Crippen LogP contribution in [-0.2, 0) is 14.3 Å². The maximum Gasteiger partial charge on any atom is 0.257 e. The van der Waals surface area contributed by atoms with Crippen LogP contribution in [-0.4, -0.2) is 64.4 Å². The minimum Gasteiger partial charge on any atom is -0.371 e. The number of likely N-dealkylation sites (tertiary alicyclic amines) is 1. The number of carbonyl (C=O) groups is 1. The molecule has 5 heteroatoms. The molecule has 3 rings (SSSR count). The lowest BCUT2D eigenvalue weighted by atomic mass is 9.70. The van der Waals surface area contributed by atoms with Crippen LogP contribution in [0.2, 0.25) is 0 Å². The molecule has 0 aromatic heterocycles. The van der Waals surface area contributed by atoms with E-state index in [-0.39, 0.29) is 29.3 Å². The van der Waals surface area contributed by atoms with Crippen LogP contribution in [0, 0.1) is 0 Å². The van der Waals surface area contributed by atoms with Crippen LogP contribution < -0.4 is 0 Å². The van der Waals surface area contributed by atoms with Crippen LogP contribution in [0.25, 0.3) is 0 Å². The van der Waals surface area contributed by atoms with E-state index in [1.807, 2.05) is 4.90 Å². The van der Waals surface area contributed by atoms with Crippen molar-refractivity contribution in [3.05, 3.63) is 0 Å². The summed E-state index contributed by atoms with van der Waals surface area (Å²) in [7, 11) is 0. The van der Waals surface area contributed by atoms with Crippen LogP contribution in [0.15, 0.2) is 0 Å². The predicted molar refractivity (Wildman–Crippen MR) is 98.4 cm³/mol. The van der Waals surface area contributed by atoms with Gasteiger partial charge in [0.15, 0.2) is 5.60 Å². The Morgan fingerprint density at radius 1 is 1.08 bits per heavy atom. The molecule has 5 nitrogen and oxygen atoms in total. The van der Waals surface area contributed by atoms with Gasteiger partial charge < -0.3 is 14.4 Å². The number of ether oxygens (including phenoxy) is 2. The smallest absolute Gasteiger partial charge is 0.257 e. The average molecular weight is 353 g/mol. The van der Waals surface area contributed by atoms with Gasteiger partial charge in [0.1, 0.15) is 6.23 Å². The summed E-state index contributed by atoms with van der Waals surface area (Å²) in [4.78, 5) is 18.0. The summed E-state index contributed by atoms with van der Waals surface area (Å²) in [5, 5.41) is 0. The first-order valence-corrected chi connectivity index (χ1v) is 10.0. The summed E-state index contributed by atoms with van der Waals surface area (Å²) in [5.41, 5.74) is -0.793. The van der Waals surface area contributed by atoms with E-state index in [0.717, 1.165) is 45.3 Å². The van der Waals surface area contributed by atoms with E-state index >= 15 is 0 Å². The summed E-state index contributed by atoms with van der Waals surface area (Å²) in [6.45, 7) is 16.0. The topological polar surface area (TPSA) is 45.3 Å². The van der Waals surface area contributed by atoms with Gasteiger partial charge in [-0.1, -0.05) is 20.3 Å². The lowest BCUT2D eigenvalue weighted by Crippen LogP contribution is -2.67. The number of rotatable bonds is 6. The van der Waals surface area contributed by atoms with E-state index < -0.39 is 5.60 Å². The van der Waals surface area contributed by atoms with E-state index in [4.69, 9.17) is 9.47 Å². The third kappa shape index (κ3) is 3.47. The van der Waals surface area contributed by atoms with Crippen molar-refractivity contribution in [3.63, 3.8) is 0 Å². The molecule has 0 bridgehead atoms. The van der Waals surface area contributed by atoms with E-state index in [1.54, 1.807) is 0 Å². The highest BCUT2D eigenvalue weighted by Gasteiger charge is 2.62. The van der Waals surface area contributed by atoms with Crippen molar-refractivity contribution in [3.8, 4) is 0 Å². The maximum absolute atomic E-state index is 13.5. The van der Waals surface area contributed by atoms with Crippen LogP contribution >= 0.6 is 0 Å². The van der Waals surface area contributed by atoms with Gasteiger partial charge in [-0.3, -0.25) is 9.69 Å². The summed E-state index contributed by atoms with van der Waals surface area (Å²) in [6.07, 6.45) is 4.70. The highest BCUT2D eigenvalue weighted by molar-refractivity contribution is 5.87. The van der Waals surface area contributed by atoms with Crippen molar-refractivity contribution in [2.75, 3.05) is 19.7 Å². The molecule has 3 heterocycles. The van der Waals surface area contributed by atoms with Gasteiger partial charge in [-0.05, 0) is 47.1 Å². The zero-order valence-corrected chi connectivity index (χ0v) is 16.9. The molecule has 3 aliphatic heterocycles. The van der Waals surface area contributed by atoms with Crippen molar-refractivity contribution in [1.82, 2.24) is 9.80 Å².